The highest BCUT2D eigenvalue weighted by molar-refractivity contribution is 7.70. The summed E-state index contributed by atoms with van der Waals surface area (Å²) in [6.45, 7) is 34.6. The van der Waals surface area contributed by atoms with E-state index in [1.54, 1.807) is 0 Å². The van der Waals surface area contributed by atoms with Gasteiger partial charge in [-0.15, -0.1) is 0 Å². The van der Waals surface area contributed by atoms with Crippen molar-refractivity contribution in [2.45, 2.75) is 183 Å². The van der Waals surface area contributed by atoms with Crippen LogP contribution in [0.1, 0.15) is 178 Å². The average molecular weight is 800 g/mol. The van der Waals surface area contributed by atoms with Crippen LogP contribution in [0.2, 0.25) is 0 Å². The monoisotopic (exact) mass is 800 g/mol. The smallest absolute Gasteiger partial charge is 0.246 e. The summed E-state index contributed by atoms with van der Waals surface area (Å²) >= 11 is 0. The minimum absolute atomic E-state index is 0.173. The molecule has 0 saturated heterocycles. The molecule has 0 saturated carbocycles. The van der Waals surface area contributed by atoms with Gasteiger partial charge in [-0.1, -0.05) is 113 Å². The third-order valence-electron chi connectivity index (χ3n) is 10.2. The van der Waals surface area contributed by atoms with Gasteiger partial charge in [0.1, 0.15) is 0 Å². The van der Waals surface area contributed by atoms with Gasteiger partial charge in [0.15, 0.2) is 20.3 Å². The Labute approximate surface area is 327 Å². The normalized spacial score (nSPS) is 15.1. The molecule has 0 aliphatic heterocycles. The van der Waals surface area contributed by atoms with Gasteiger partial charge in [-0.2, -0.15) is 0 Å². The van der Waals surface area contributed by atoms with Crippen molar-refractivity contribution in [2.24, 2.45) is 0 Å². The molecule has 1 amide bonds. The Bertz CT molecular complexity index is 869. The summed E-state index contributed by atoms with van der Waals surface area (Å²) in [5.41, 5.74) is 0.184. The Kier molecular flexibility index (Phi) is 34.8. The maximum atomic E-state index is 11.1. The lowest BCUT2D eigenvalue weighted by molar-refractivity contribution is -0.929. The van der Waals surface area contributed by atoms with Crippen LogP contribution in [-0.4, -0.2) is 93.8 Å². The van der Waals surface area contributed by atoms with Crippen molar-refractivity contribution in [2.75, 3.05) is 58.9 Å². The van der Waals surface area contributed by atoms with Crippen molar-refractivity contribution < 1.29 is 47.6 Å². The van der Waals surface area contributed by atoms with Crippen molar-refractivity contribution in [1.82, 2.24) is 5.32 Å². The van der Waals surface area contributed by atoms with Crippen LogP contribution in [0.3, 0.4) is 0 Å². The van der Waals surface area contributed by atoms with E-state index in [0.29, 0.717) is 0 Å². The van der Waals surface area contributed by atoms with Crippen LogP contribution in [0.5, 0.6) is 0 Å². The Hall–Kier alpha value is -0.610. The molecule has 0 aromatic carbocycles. The largest absolute Gasteiger partial charge is 0.776 e. The molecule has 0 spiro atoms. The van der Waals surface area contributed by atoms with E-state index in [-0.39, 0.29) is 18.5 Å². The average Bonchev–Trinajstić information content (AvgIpc) is 3.11. The van der Waals surface area contributed by atoms with E-state index in [2.05, 4.69) is 67.3 Å². The van der Waals surface area contributed by atoms with Crippen LogP contribution in [-0.2, 0) is 13.9 Å². The molecule has 11 nitrogen and oxygen atoms in total. The van der Waals surface area contributed by atoms with Gasteiger partial charge >= 0.3 is 0 Å². The number of amides is 1. The van der Waals surface area contributed by atoms with Crippen molar-refractivity contribution in [3.8, 4) is 0 Å². The summed E-state index contributed by atoms with van der Waals surface area (Å²) in [4.78, 5) is 50.1. The number of hydrogen-bond donors (Lipinski definition) is 4. The zero-order valence-electron chi connectivity index (χ0n) is 36.0. The van der Waals surface area contributed by atoms with Crippen molar-refractivity contribution in [3.63, 3.8) is 0 Å². The molecule has 320 valence electrons. The number of hydrogen-bond acceptors (Lipinski definition) is 6. The number of nitrogens with zero attached hydrogens (tertiary/aromatic N) is 2. The third kappa shape index (κ3) is 26.0. The number of carbonyl (C=O) groups is 1. The molecule has 13 heteroatoms. The van der Waals surface area contributed by atoms with Gasteiger partial charge in [-0.25, -0.2) is 0 Å². The first-order valence-corrected chi connectivity index (χ1v) is 24.4. The number of aliphatic hydroxyl groups is 1. The maximum Gasteiger partial charge on any atom is 0.246 e. The number of rotatable bonds is 31. The van der Waals surface area contributed by atoms with Gasteiger partial charge in [0.05, 0.1) is 52.4 Å². The summed E-state index contributed by atoms with van der Waals surface area (Å²) in [5.74, 6) is -0.535. The maximum absolute atomic E-state index is 11.1. The minimum Gasteiger partial charge on any atom is -0.776 e. The van der Waals surface area contributed by atoms with Crippen LogP contribution in [0, 0.1) is 0 Å². The van der Waals surface area contributed by atoms with Gasteiger partial charge in [0.2, 0.25) is 5.91 Å². The van der Waals surface area contributed by atoms with Gasteiger partial charge < -0.3 is 48.1 Å². The highest BCUT2D eigenvalue weighted by atomic mass is 31.2. The number of carbonyl (C=O) groups excluding carboxylic acids is 1. The van der Waals surface area contributed by atoms with Crippen molar-refractivity contribution >= 4 is 21.1 Å². The highest BCUT2D eigenvalue weighted by Crippen LogP contribution is 2.65. The molecule has 0 radical (unpaired) electrons. The van der Waals surface area contributed by atoms with E-state index in [9.17, 15) is 28.8 Å². The summed E-state index contributed by atoms with van der Waals surface area (Å²) in [7, 11) is -11.5. The Balaban J connectivity index is -0.000000709. The molecule has 0 aliphatic carbocycles. The number of unbranched alkanes of at least 4 members (excludes halogenated alkanes) is 8. The Morgan fingerprint density at radius 3 is 0.962 bits per heavy atom. The molecule has 4 N–H and O–H groups in total. The molecule has 0 bridgehead atoms. The Morgan fingerprint density at radius 1 is 0.566 bits per heavy atom. The first kappa shape index (κ1) is 56.7. The van der Waals surface area contributed by atoms with E-state index in [0.717, 1.165) is 0 Å². The Morgan fingerprint density at radius 2 is 0.792 bits per heavy atom. The van der Waals surface area contributed by atoms with Crippen molar-refractivity contribution in [1.29, 1.82) is 0 Å². The number of nitrogens with one attached hydrogen (secondary N) is 1. The molecule has 0 fully saturated rings. The molecule has 0 aromatic rings. The molecule has 53 heavy (non-hydrogen) atoms. The van der Waals surface area contributed by atoms with Gasteiger partial charge in [0, 0.05) is 12.1 Å². The molecule has 0 heterocycles. The standard InChI is InChI=1S/2C16H36N.C8H17NO8P2/c2*1-5-9-13-17(14-10-6-2,15-11-7-3)16-12-8-4;1-6(2)7(10)9-5-3-4-8(11,18(12,13)14)19(15,16)17/h2*5-16H2,1-4H3;11H,1,3-5H2,2H3,(H,9,10)(H2,12,13,14)(H2,15,16,17)/q2*+1;/p-2. The van der Waals surface area contributed by atoms with Crippen LogP contribution in [0.25, 0.3) is 0 Å². The molecular weight excluding hydrogens is 712 g/mol. The van der Waals surface area contributed by atoms with E-state index >= 15 is 0 Å². The predicted molar refractivity (Wildman–Crippen MR) is 220 cm³/mol. The molecular formula is C40H87N3O8P2. The SMILES string of the molecule is C=C(C)C(=O)NCCCC(O)(P(=O)([O-])O)P(=O)([O-])O.CCCC[N+](CCCC)(CCCC)CCCC.CCCC[N+](CCCC)(CCCC)CCCC. The zero-order valence-corrected chi connectivity index (χ0v) is 37.8. The quantitative estimate of drug-likeness (QED) is 0.0235. The molecule has 0 aromatic heterocycles. The lowest BCUT2D eigenvalue weighted by Gasteiger charge is -2.42. The molecule has 0 rings (SSSR count). The van der Waals surface area contributed by atoms with Crippen LogP contribution in [0.4, 0.5) is 0 Å². The topological polar surface area (TPSA) is 170 Å². The summed E-state index contributed by atoms with van der Waals surface area (Å²) < 4.78 is 24.5. The lowest BCUT2D eigenvalue weighted by Crippen LogP contribution is -2.50. The third-order valence-corrected chi connectivity index (χ3v) is 13.9. The molecule has 0 aliphatic rings. The highest BCUT2D eigenvalue weighted by Gasteiger charge is 2.46. The van der Waals surface area contributed by atoms with Crippen molar-refractivity contribution in [3.05, 3.63) is 12.2 Å². The summed E-state index contributed by atoms with van der Waals surface area (Å²) in [6, 6.07) is 0. The fourth-order valence-corrected chi connectivity index (χ4v) is 8.57. The fraction of sp³-hybridized carbons (Fsp3) is 0.925. The van der Waals surface area contributed by atoms with E-state index < -0.39 is 32.6 Å². The van der Waals surface area contributed by atoms with Crippen LogP contribution in [0.15, 0.2) is 12.2 Å². The second-order valence-corrected chi connectivity index (χ2v) is 19.2. The lowest BCUT2D eigenvalue weighted by atomic mass is 10.1. The predicted octanol–water partition coefficient (Wildman–Crippen LogP) is 8.20. The fourth-order valence-electron chi connectivity index (χ4n) is 6.41. The molecule has 2 unspecified atom stereocenters. The van der Waals surface area contributed by atoms with E-state index in [1.807, 2.05) is 0 Å². The zero-order chi connectivity index (χ0) is 41.5. The van der Waals surface area contributed by atoms with Gasteiger partial charge in [-0.05, 0) is 71.1 Å². The minimum atomic E-state index is -5.74. The first-order chi connectivity index (χ1) is 24.8. The van der Waals surface area contributed by atoms with E-state index in [4.69, 9.17) is 9.79 Å². The molecule has 2 atom stereocenters. The summed E-state index contributed by atoms with van der Waals surface area (Å²) in [5, 5.41) is 7.98. The number of quaternary nitrogens is 2. The van der Waals surface area contributed by atoms with Gasteiger partial charge in [0.25, 0.3) is 0 Å². The first-order valence-electron chi connectivity index (χ1n) is 21.3. The van der Waals surface area contributed by atoms with Crippen LogP contribution < -0.4 is 15.1 Å². The summed E-state index contributed by atoms with van der Waals surface area (Å²) in [6.07, 6.45) is 20.8. The van der Waals surface area contributed by atoms with E-state index in [1.165, 1.54) is 171 Å². The van der Waals surface area contributed by atoms with Gasteiger partial charge in [-0.3, -0.25) is 4.79 Å². The van der Waals surface area contributed by atoms with Crippen LogP contribution >= 0.6 is 15.2 Å². The second kappa shape index (κ2) is 32.5. The second-order valence-electron chi connectivity index (χ2n) is 15.3.